The molecule has 15 rings (SSSR count). The van der Waals surface area contributed by atoms with Crippen molar-refractivity contribution in [3.05, 3.63) is 125 Å². The molecule has 2 heterocycles. The highest BCUT2D eigenvalue weighted by atomic mass is 16.1. The smallest absolute Gasteiger partial charge is 0.169 e. The lowest BCUT2D eigenvalue weighted by Crippen LogP contribution is -2.42. The van der Waals surface area contributed by atoms with Crippen LogP contribution in [0.25, 0.3) is 81.2 Å². The van der Waals surface area contributed by atoms with E-state index < -0.39 is 0 Å². The summed E-state index contributed by atoms with van der Waals surface area (Å²) < 4.78 is 2.54. The average Bonchev–Trinajstić information content (AvgIpc) is 3.69. The van der Waals surface area contributed by atoms with E-state index in [-0.39, 0.29) is 33.5 Å². The SMILES string of the molecule is CC(C)C12CCC(C(C)C)(CC1)c1cc3c4c5cc(c6ccccc6c6cccc(c6)c6ccccc65)c5c6cc7c(cc6n(c3cc1C2=O)c45)C(=O)C1(C(C)C)CCC7(C(C)C)CC1. The first-order valence-electron chi connectivity index (χ1n) is 25.0. The highest BCUT2D eigenvalue weighted by Crippen LogP contribution is 2.62. The number of benzene rings is 6. The predicted octanol–water partition coefficient (Wildman–Crippen LogP) is 16.6. The van der Waals surface area contributed by atoms with Crippen LogP contribution >= 0.6 is 0 Å². The second-order valence-corrected chi connectivity index (χ2v) is 22.8. The quantitative estimate of drug-likeness (QED) is 0.177. The lowest BCUT2D eigenvalue weighted by Gasteiger charge is -2.46. The molecule has 9 aromatic rings. The molecule has 326 valence electrons. The monoisotopic (exact) mass is 851 g/mol. The fraction of sp³-hybridized carbons (Fsp3) is 0.387. The molecule has 0 spiro atoms. The van der Waals surface area contributed by atoms with Gasteiger partial charge in [-0.15, -0.1) is 0 Å². The summed E-state index contributed by atoms with van der Waals surface area (Å²) in [5.41, 5.74) is 6.91. The molecule has 0 unspecified atom stereocenters. The Morgan fingerprint density at radius 3 is 1.14 bits per heavy atom. The molecular weight excluding hydrogens is 791 g/mol. The van der Waals surface area contributed by atoms with Gasteiger partial charge < -0.3 is 4.40 Å². The first kappa shape index (κ1) is 39.8. The molecule has 0 saturated heterocycles. The van der Waals surface area contributed by atoms with Crippen LogP contribution in [0.5, 0.6) is 0 Å². The predicted molar refractivity (Wildman–Crippen MR) is 273 cm³/mol. The molecule has 3 heteroatoms. The Balaban J connectivity index is 1.33. The molecule has 3 nitrogen and oxygen atoms in total. The third-order valence-electron chi connectivity index (χ3n) is 19.7. The van der Waals surface area contributed by atoms with Crippen LogP contribution in [0.15, 0.2) is 103 Å². The van der Waals surface area contributed by atoms with E-state index in [1.165, 1.54) is 81.3 Å². The number of ketones is 2. The maximum Gasteiger partial charge on any atom is 0.169 e. The third-order valence-corrected chi connectivity index (χ3v) is 19.7. The van der Waals surface area contributed by atoms with Crippen molar-refractivity contribution in [1.29, 1.82) is 0 Å². The summed E-state index contributed by atoms with van der Waals surface area (Å²) in [6, 6.07) is 39.4. The van der Waals surface area contributed by atoms with Crippen LogP contribution in [-0.4, -0.2) is 16.0 Å². The Bertz CT molecular complexity index is 3380. The molecule has 8 bridgehead atoms. The Kier molecular flexibility index (Phi) is 8.01. The Morgan fingerprint density at radius 2 is 0.754 bits per heavy atom. The van der Waals surface area contributed by atoms with E-state index >= 15 is 9.59 Å². The molecule has 0 radical (unpaired) electrons. The van der Waals surface area contributed by atoms with Crippen LogP contribution in [0, 0.1) is 34.5 Å². The molecule has 2 fully saturated rings. The van der Waals surface area contributed by atoms with E-state index in [4.69, 9.17) is 0 Å². The minimum Gasteiger partial charge on any atom is -0.308 e. The van der Waals surface area contributed by atoms with Gasteiger partial charge in [0.25, 0.3) is 0 Å². The van der Waals surface area contributed by atoms with Gasteiger partial charge in [0.2, 0.25) is 0 Å². The summed E-state index contributed by atoms with van der Waals surface area (Å²) in [7, 11) is 0. The fourth-order valence-corrected chi connectivity index (χ4v) is 15.4. The number of hydrogen-bond acceptors (Lipinski definition) is 2. The van der Waals surface area contributed by atoms with Crippen molar-refractivity contribution in [2.24, 2.45) is 34.5 Å². The van der Waals surface area contributed by atoms with Gasteiger partial charge in [0.15, 0.2) is 11.6 Å². The van der Waals surface area contributed by atoms with Crippen LogP contribution in [0.1, 0.15) is 139 Å². The summed E-state index contributed by atoms with van der Waals surface area (Å²) in [5, 5.41) is 14.7. The number of carbonyl (C=O) groups excluding carboxylic acids is 2. The van der Waals surface area contributed by atoms with Gasteiger partial charge in [0, 0.05) is 43.5 Å². The minimum absolute atomic E-state index is 0.0784. The van der Waals surface area contributed by atoms with Gasteiger partial charge in [0.05, 0.1) is 16.6 Å². The van der Waals surface area contributed by atoms with Crippen molar-refractivity contribution in [2.45, 2.75) is 118 Å². The number of nitrogens with zero attached hydrogens (tertiary/aromatic N) is 1. The Morgan fingerprint density at radius 1 is 0.385 bits per heavy atom. The highest BCUT2D eigenvalue weighted by Gasteiger charge is 2.57. The standard InChI is InChI=1S/C62H61NO2/c1-34(2)59-20-24-61(25-21-59,36(5)6)57(64)46-32-52-48(30-50(46)59)54-44-29-45(43-19-12-10-17-41(43)39-15-13-14-38(28-39)40-16-9-11-18-42(40)44)55-49-31-51-47(33-53(49)63(52)56(54)55)58(65)62(37(7)8)26-22-60(51,23-27-62)35(3)4/h9-19,28-37H,20-27H2,1-8H3. The van der Waals surface area contributed by atoms with E-state index in [1.54, 1.807) is 0 Å². The van der Waals surface area contributed by atoms with Gasteiger partial charge in [-0.1, -0.05) is 122 Å². The number of rotatable bonds is 4. The summed E-state index contributed by atoms with van der Waals surface area (Å²) in [5.74, 6) is 1.98. The molecular formula is C62H61NO2. The van der Waals surface area contributed by atoms with E-state index in [1.807, 2.05) is 0 Å². The molecule has 6 aliphatic carbocycles. The average molecular weight is 852 g/mol. The van der Waals surface area contributed by atoms with E-state index in [2.05, 4.69) is 163 Å². The summed E-state index contributed by atoms with van der Waals surface area (Å²) in [6.45, 7) is 18.7. The van der Waals surface area contributed by atoms with Crippen molar-refractivity contribution in [3.63, 3.8) is 0 Å². The zero-order chi connectivity index (χ0) is 44.7. The van der Waals surface area contributed by atoms with Crippen molar-refractivity contribution >= 4 is 92.8 Å². The molecule has 0 N–H and O–H groups in total. The van der Waals surface area contributed by atoms with E-state index in [0.29, 0.717) is 23.4 Å². The lowest BCUT2D eigenvalue weighted by molar-refractivity contribution is 0.0470. The van der Waals surface area contributed by atoms with Crippen LogP contribution in [0.4, 0.5) is 0 Å². The number of hydrogen-bond donors (Lipinski definition) is 0. The topological polar surface area (TPSA) is 38.5 Å². The molecule has 0 amide bonds. The summed E-state index contributed by atoms with van der Waals surface area (Å²) >= 11 is 0. The molecule has 2 saturated carbocycles. The van der Waals surface area contributed by atoms with Crippen LogP contribution in [0.3, 0.4) is 0 Å². The molecule has 6 aliphatic rings. The summed E-state index contributed by atoms with van der Waals surface area (Å²) in [4.78, 5) is 31.2. The van der Waals surface area contributed by atoms with Crippen molar-refractivity contribution < 1.29 is 9.59 Å². The first-order valence-corrected chi connectivity index (χ1v) is 25.0. The second kappa shape index (κ2) is 13.1. The van der Waals surface area contributed by atoms with Crippen molar-refractivity contribution in [2.75, 3.05) is 0 Å². The number of Topliss-reactive ketones (excluding diaryl/α,β-unsaturated/α-hetero) is 2. The summed E-state index contributed by atoms with van der Waals surface area (Å²) in [6.07, 6.45) is 7.92. The zero-order valence-electron chi connectivity index (χ0n) is 39.5. The zero-order valence-corrected chi connectivity index (χ0v) is 39.5. The second-order valence-electron chi connectivity index (χ2n) is 22.8. The molecule has 65 heavy (non-hydrogen) atoms. The molecule has 7 aromatic carbocycles. The minimum atomic E-state index is -0.360. The molecule has 0 aliphatic heterocycles. The Labute approximate surface area is 382 Å². The number of carbonyl (C=O) groups is 2. The van der Waals surface area contributed by atoms with Crippen molar-refractivity contribution in [3.8, 4) is 0 Å². The maximum absolute atomic E-state index is 15.6. The van der Waals surface area contributed by atoms with Crippen LogP contribution in [-0.2, 0) is 10.8 Å². The maximum atomic E-state index is 15.6. The third kappa shape index (κ3) is 4.73. The molecule has 2 aromatic heterocycles. The molecule has 0 atom stereocenters. The van der Waals surface area contributed by atoms with E-state index in [0.717, 1.165) is 73.5 Å². The normalized spacial score (nSPS) is 25.6. The highest BCUT2D eigenvalue weighted by molar-refractivity contribution is 6.38. The van der Waals surface area contributed by atoms with Crippen LogP contribution in [0.2, 0.25) is 0 Å². The largest absolute Gasteiger partial charge is 0.308 e. The van der Waals surface area contributed by atoms with Crippen LogP contribution < -0.4 is 0 Å². The fourth-order valence-electron chi connectivity index (χ4n) is 15.4. The lowest BCUT2D eigenvalue weighted by atomic mass is 9.57. The Hall–Kier alpha value is -5.54. The first-order chi connectivity index (χ1) is 31.3. The van der Waals surface area contributed by atoms with Gasteiger partial charge >= 0.3 is 0 Å². The van der Waals surface area contributed by atoms with Gasteiger partial charge in [0.1, 0.15) is 0 Å². The van der Waals surface area contributed by atoms with Gasteiger partial charge in [-0.05, 0) is 176 Å². The number of fused-ring (bicyclic) bond motifs is 22. The number of aromatic nitrogens is 1. The van der Waals surface area contributed by atoms with Gasteiger partial charge in [-0.3, -0.25) is 9.59 Å². The van der Waals surface area contributed by atoms with Gasteiger partial charge in [-0.25, -0.2) is 0 Å². The van der Waals surface area contributed by atoms with E-state index in [9.17, 15) is 0 Å². The van der Waals surface area contributed by atoms with Gasteiger partial charge in [-0.2, -0.15) is 0 Å². The van der Waals surface area contributed by atoms with Crippen molar-refractivity contribution in [1.82, 2.24) is 4.40 Å².